The first-order valence-electron chi connectivity index (χ1n) is 12.4. The van der Waals surface area contributed by atoms with Crippen LogP contribution in [0.4, 0.5) is 4.79 Å². The van der Waals surface area contributed by atoms with E-state index in [1.54, 1.807) is 22.8 Å². The average Bonchev–Trinajstić information content (AvgIpc) is 3.24. The fraction of sp³-hybridized carbons (Fsp3) is 0.739. The first-order valence-corrected chi connectivity index (χ1v) is 18.3. The molecule has 11 nitrogen and oxygen atoms in total. The van der Waals surface area contributed by atoms with Gasteiger partial charge in [0.05, 0.1) is 18.4 Å². The molecule has 202 valence electrons. The molecule has 0 unspecified atom stereocenters. The first kappa shape index (κ1) is 28.3. The van der Waals surface area contributed by atoms with Gasteiger partial charge in [-0.2, -0.15) is 10.2 Å². The Hall–Kier alpha value is -2.23. The number of nitrogens with one attached hydrogen (secondary N) is 2. The lowest BCUT2D eigenvalue weighted by atomic mass is 9.97. The molecule has 0 saturated carbocycles. The third-order valence-electron chi connectivity index (χ3n) is 8.28. The van der Waals surface area contributed by atoms with Gasteiger partial charge in [-0.25, -0.2) is 4.79 Å². The van der Waals surface area contributed by atoms with E-state index in [9.17, 15) is 14.8 Å². The molecule has 2 aliphatic heterocycles. The minimum absolute atomic E-state index is 0.00138. The Bertz CT molecular complexity index is 1060. The number of nitrogens with zero attached hydrogens (tertiary/aromatic N) is 5. The number of hydroxylamine groups is 3. The first-order chi connectivity index (χ1) is 16.3. The predicted octanol–water partition coefficient (Wildman–Crippen LogP) is 3.78. The second kappa shape index (κ2) is 9.26. The Kier molecular flexibility index (Phi) is 7.29. The van der Waals surface area contributed by atoms with Crippen LogP contribution in [-0.2, 0) is 15.9 Å². The highest BCUT2D eigenvalue weighted by molar-refractivity contribution is 6.79. The van der Waals surface area contributed by atoms with Gasteiger partial charge in [0.1, 0.15) is 24.5 Å². The Balaban J connectivity index is 1.96. The Morgan fingerprint density at radius 1 is 1.19 bits per heavy atom. The van der Waals surface area contributed by atoms with Crippen molar-refractivity contribution >= 4 is 34.3 Å². The number of aromatic nitrogens is 2. The summed E-state index contributed by atoms with van der Waals surface area (Å²) in [5.41, 5.74) is 4.40. The lowest BCUT2D eigenvalue weighted by Crippen LogP contribution is -2.55. The Morgan fingerprint density at radius 2 is 1.81 bits per heavy atom. The van der Waals surface area contributed by atoms with Crippen molar-refractivity contribution in [3.63, 3.8) is 0 Å². The van der Waals surface area contributed by atoms with Crippen LogP contribution in [0.1, 0.15) is 64.9 Å². The topological polar surface area (TPSA) is 124 Å². The van der Waals surface area contributed by atoms with Gasteiger partial charge in [-0.15, -0.1) is 0 Å². The van der Waals surface area contributed by atoms with Crippen LogP contribution in [0.3, 0.4) is 0 Å². The van der Waals surface area contributed by atoms with E-state index in [0.717, 1.165) is 5.06 Å². The van der Waals surface area contributed by atoms with Gasteiger partial charge < -0.3 is 14.4 Å². The fourth-order valence-corrected chi connectivity index (χ4v) is 5.65. The van der Waals surface area contributed by atoms with Crippen molar-refractivity contribution in [3.05, 3.63) is 17.5 Å². The van der Waals surface area contributed by atoms with Gasteiger partial charge in [0, 0.05) is 12.6 Å². The molecule has 2 aliphatic rings. The molecule has 0 radical (unpaired) electrons. The van der Waals surface area contributed by atoms with Crippen LogP contribution in [0.15, 0.2) is 11.2 Å². The number of amides is 3. The SMILES string of the molecule is CN=C(NO[Si](C)(C)C(C)(C)C)[C@@H]1c2c(cnn2CC(=O)N[Si](C)(C)C(C)(C)C)[C@@H]2CN1C(=O)N2O. The monoisotopic (exact) mass is 537 g/mol. The molecule has 1 aromatic heterocycles. The number of carbonyl (C=O) groups excluding carboxylic acids is 2. The van der Waals surface area contributed by atoms with E-state index in [1.807, 2.05) is 0 Å². The largest absolute Gasteiger partial charge is 0.380 e. The molecule has 3 rings (SSSR count). The van der Waals surface area contributed by atoms with Gasteiger partial charge in [-0.1, -0.05) is 54.6 Å². The molecule has 3 amide bonds. The second-order valence-electron chi connectivity index (χ2n) is 12.8. The maximum absolute atomic E-state index is 13.1. The van der Waals surface area contributed by atoms with Crippen molar-refractivity contribution < 1.29 is 19.3 Å². The molecule has 2 bridgehead atoms. The predicted molar refractivity (Wildman–Crippen MR) is 144 cm³/mol. The Morgan fingerprint density at radius 3 is 2.33 bits per heavy atom. The standard InChI is InChI=1S/C23H43N7O4Si2/c1-22(2,3)35(8,9)27-17(31)14-29-18-15(12-25-29)16-13-28(21(32)30(16)33)19(18)20(24-7)26-34-36(10,11)23(4,5)6/h12,16,19,33H,13-14H2,1-11H3,(H,24,26)(H,27,31)/t16-,19-/m0/s1. The number of amidine groups is 1. The smallest absolute Gasteiger partial charge is 0.345 e. The zero-order chi connectivity index (χ0) is 27.4. The lowest BCUT2D eigenvalue weighted by molar-refractivity contribution is -0.120. The quantitative estimate of drug-likeness (QED) is 0.167. The molecule has 1 fully saturated rings. The minimum Gasteiger partial charge on any atom is -0.380 e. The number of hydrogen-bond acceptors (Lipinski definition) is 6. The number of carbonyl (C=O) groups is 2. The van der Waals surface area contributed by atoms with E-state index in [2.05, 4.69) is 88.3 Å². The summed E-state index contributed by atoms with van der Waals surface area (Å²) in [6.07, 6.45) is 1.63. The fourth-order valence-electron chi connectivity index (χ4n) is 3.84. The van der Waals surface area contributed by atoms with Crippen molar-refractivity contribution in [3.8, 4) is 0 Å². The zero-order valence-electron chi connectivity index (χ0n) is 23.6. The van der Waals surface area contributed by atoms with Crippen LogP contribution in [0.2, 0.25) is 36.3 Å². The average molecular weight is 538 g/mol. The maximum atomic E-state index is 13.1. The highest BCUT2D eigenvalue weighted by atomic mass is 28.4. The summed E-state index contributed by atoms with van der Waals surface area (Å²) >= 11 is 0. The van der Waals surface area contributed by atoms with E-state index < -0.39 is 34.7 Å². The van der Waals surface area contributed by atoms with E-state index in [-0.39, 0.29) is 29.1 Å². The molecule has 3 N–H and O–H groups in total. The number of aliphatic imine (C=N–C) groups is 1. The van der Waals surface area contributed by atoms with E-state index in [4.69, 9.17) is 4.53 Å². The molecule has 1 aromatic rings. The summed E-state index contributed by atoms with van der Waals surface area (Å²) in [6.45, 7) is 21.6. The van der Waals surface area contributed by atoms with Gasteiger partial charge >= 0.3 is 6.03 Å². The Labute approximate surface area is 216 Å². The van der Waals surface area contributed by atoms with E-state index in [0.29, 0.717) is 17.1 Å². The summed E-state index contributed by atoms with van der Waals surface area (Å²) in [7, 11) is -2.64. The number of hydrogen-bond donors (Lipinski definition) is 3. The minimum atomic E-state index is -2.20. The lowest BCUT2D eigenvalue weighted by Gasteiger charge is -2.38. The van der Waals surface area contributed by atoms with E-state index in [1.165, 1.54) is 0 Å². The van der Waals surface area contributed by atoms with Crippen LogP contribution in [0, 0.1) is 0 Å². The molecule has 0 aromatic carbocycles. The molecule has 13 heteroatoms. The van der Waals surface area contributed by atoms with Crippen molar-refractivity contribution in [2.75, 3.05) is 13.6 Å². The molecular formula is C23H43N7O4Si2. The molecule has 2 atom stereocenters. The van der Waals surface area contributed by atoms with Crippen molar-refractivity contribution in [2.45, 2.75) is 96.4 Å². The van der Waals surface area contributed by atoms with Gasteiger partial charge in [-0.3, -0.25) is 25.2 Å². The van der Waals surface area contributed by atoms with E-state index >= 15 is 0 Å². The number of urea groups is 1. The van der Waals surface area contributed by atoms with Gasteiger partial charge in [0.25, 0.3) is 0 Å². The van der Waals surface area contributed by atoms with Crippen molar-refractivity contribution in [1.82, 2.24) is 30.2 Å². The van der Waals surface area contributed by atoms with Crippen LogP contribution in [-0.4, -0.2) is 72.9 Å². The summed E-state index contributed by atoms with van der Waals surface area (Å²) in [6, 6.07) is -1.76. The van der Waals surface area contributed by atoms with Crippen LogP contribution in [0.5, 0.6) is 0 Å². The van der Waals surface area contributed by atoms with Gasteiger partial charge in [0.2, 0.25) is 14.2 Å². The van der Waals surface area contributed by atoms with Gasteiger partial charge in [0.15, 0.2) is 8.24 Å². The number of fused-ring (bicyclic) bond motifs is 4. The molecular weight excluding hydrogens is 494 g/mol. The summed E-state index contributed by atoms with van der Waals surface area (Å²) < 4.78 is 7.84. The molecule has 0 aliphatic carbocycles. The van der Waals surface area contributed by atoms with Crippen LogP contribution >= 0.6 is 0 Å². The zero-order valence-corrected chi connectivity index (χ0v) is 25.6. The molecule has 0 spiro atoms. The summed E-state index contributed by atoms with van der Waals surface area (Å²) in [5, 5.41) is 15.7. The van der Waals surface area contributed by atoms with Crippen molar-refractivity contribution in [2.24, 2.45) is 4.99 Å². The summed E-state index contributed by atoms with van der Waals surface area (Å²) in [5.74, 6) is 0.293. The molecule has 36 heavy (non-hydrogen) atoms. The molecule has 3 heterocycles. The second-order valence-corrected chi connectivity index (χ2v) is 22.6. The van der Waals surface area contributed by atoms with Crippen LogP contribution < -0.4 is 10.5 Å². The third kappa shape index (κ3) is 4.97. The number of rotatable bonds is 6. The maximum Gasteiger partial charge on any atom is 0.345 e. The van der Waals surface area contributed by atoms with Crippen LogP contribution in [0.25, 0.3) is 0 Å². The molecule has 1 saturated heterocycles. The summed E-state index contributed by atoms with van der Waals surface area (Å²) in [4.78, 5) is 35.3. The highest BCUT2D eigenvalue weighted by Crippen LogP contribution is 2.44. The third-order valence-corrected chi connectivity index (χ3v) is 17.2. The highest BCUT2D eigenvalue weighted by Gasteiger charge is 2.52. The van der Waals surface area contributed by atoms with Gasteiger partial charge in [-0.05, 0) is 23.2 Å². The van der Waals surface area contributed by atoms with Crippen molar-refractivity contribution in [1.29, 1.82) is 0 Å². The normalized spacial score (nSPS) is 21.1.